The highest BCUT2D eigenvalue weighted by atomic mass is 19.1. The second kappa shape index (κ2) is 5.32. The number of rotatable bonds is 3. The summed E-state index contributed by atoms with van der Waals surface area (Å²) >= 11 is 0. The Kier molecular flexibility index (Phi) is 3.93. The van der Waals surface area contributed by atoms with Crippen LogP contribution in [0.25, 0.3) is 0 Å². The molecule has 0 heterocycles. The molecule has 0 saturated heterocycles. The van der Waals surface area contributed by atoms with E-state index in [1.165, 1.54) is 25.3 Å². The van der Waals surface area contributed by atoms with E-state index < -0.39 is 5.82 Å². The number of ether oxygens (including phenoxy) is 1. The van der Waals surface area contributed by atoms with Crippen LogP contribution in [0, 0.1) is 17.2 Å². The van der Waals surface area contributed by atoms with E-state index in [0.29, 0.717) is 11.3 Å². The third-order valence-corrected chi connectivity index (χ3v) is 4.25. The molecule has 0 spiro atoms. The van der Waals surface area contributed by atoms with Crippen molar-refractivity contribution in [3.63, 3.8) is 0 Å². The quantitative estimate of drug-likeness (QED) is 0.763. The van der Waals surface area contributed by atoms with Crippen molar-refractivity contribution in [1.29, 1.82) is 0 Å². The Morgan fingerprint density at radius 3 is 2.74 bits per heavy atom. The van der Waals surface area contributed by atoms with Crippen LogP contribution in [0.5, 0.6) is 5.75 Å². The number of carbonyl (C=O) groups is 1. The van der Waals surface area contributed by atoms with Gasteiger partial charge in [-0.2, -0.15) is 0 Å². The SMILES string of the molecule is COc1ccc(F)cc1C(=O)C1CCCCC1(C)C. The van der Waals surface area contributed by atoms with E-state index in [-0.39, 0.29) is 17.1 Å². The lowest BCUT2D eigenvalue weighted by Crippen LogP contribution is -2.34. The van der Waals surface area contributed by atoms with Crippen LogP contribution in [0.4, 0.5) is 4.39 Å². The zero-order chi connectivity index (χ0) is 14.0. The first-order chi connectivity index (χ1) is 8.95. The van der Waals surface area contributed by atoms with Crippen molar-refractivity contribution in [1.82, 2.24) is 0 Å². The van der Waals surface area contributed by atoms with Crippen LogP contribution in [-0.4, -0.2) is 12.9 Å². The maximum Gasteiger partial charge on any atom is 0.170 e. The number of ketones is 1. The second-order valence-corrected chi connectivity index (χ2v) is 6.00. The molecule has 0 N–H and O–H groups in total. The summed E-state index contributed by atoms with van der Waals surface area (Å²) in [4.78, 5) is 12.7. The Bertz CT molecular complexity index is 480. The van der Waals surface area contributed by atoms with Crippen molar-refractivity contribution in [2.24, 2.45) is 11.3 Å². The number of carbonyl (C=O) groups excluding carboxylic acids is 1. The van der Waals surface area contributed by atoms with Gasteiger partial charge in [-0.15, -0.1) is 0 Å². The number of hydrogen-bond donors (Lipinski definition) is 0. The second-order valence-electron chi connectivity index (χ2n) is 6.00. The van der Waals surface area contributed by atoms with Crippen LogP contribution in [0.3, 0.4) is 0 Å². The van der Waals surface area contributed by atoms with E-state index in [1.54, 1.807) is 0 Å². The number of Topliss-reactive ketones (excluding diaryl/α,β-unsaturated/α-hetero) is 1. The van der Waals surface area contributed by atoms with E-state index in [2.05, 4.69) is 13.8 Å². The number of methoxy groups -OCH3 is 1. The van der Waals surface area contributed by atoms with Crippen LogP contribution in [0.2, 0.25) is 0 Å². The molecular formula is C16H21FO2. The molecule has 3 heteroatoms. The van der Waals surface area contributed by atoms with Gasteiger partial charge in [0, 0.05) is 5.92 Å². The van der Waals surface area contributed by atoms with Crippen LogP contribution < -0.4 is 4.74 Å². The van der Waals surface area contributed by atoms with E-state index in [1.807, 2.05) is 0 Å². The molecule has 1 saturated carbocycles. The van der Waals surface area contributed by atoms with Crippen LogP contribution in [-0.2, 0) is 0 Å². The van der Waals surface area contributed by atoms with E-state index in [0.717, 1.165) is 25.7 Å². The summed E-state index contributed by atoms with van der Waals surface area (Å²) in [5.41, 5.74) is 0.356. The standard InChI is InChI=1S/C16H21FO2/c1-16(2)9-5-4-6-13(16)15(18)12-10-11(17)7-8-14(12)19-3/h7-8,10,13H,4-6,9H2,1-3H3. The van der Waals surface area contributed by atoms with Gasteiger partial charge in [0.1, 0.15) is 11.6 Å². The minimum absolute atomic E-state index is 0.0149. The lowest BCUT2D eigenvalue weighted by Gasteiger charge is -2.37. The van der Waals surface area contributed by atoms with Gasteiger partial charge in [-0.3, -0.25) is 4.79 Å². The summed E-state index contributed by atoms with van der Waals surface area (Å²) < 4.78 is 18.6. The fourth-order valence-corrected chi connectivity index (χ4v) is 3.04. The molecule has 0 aliphatic heterocycles. The van der Waals surface area contributed by atoms with Gasteiger partial charge < -0.3 is 4.74 Å². The topological polar surface area (TPSA) is 26.3 Å². The van der Waals surface area contributed by atoms with E-state index in [9.17, 15) is 9.18 Å². The van der Waals surface area contributed by atoms with Crippen LogP contribution in [0.1, 0.15) is 49.9 Å². The zero-order valence-electron chi connectivity index (χ0n) is 11.8. The van der Waals surface area contributed by atoms with Crippen molar-refractivity contribution in [3.8, 4) is 5.75 Å². The minimum Gasteiger partial charge on any atom is -0.496 e. The molecule has 2 nitrogen and oxygen atoms in total. The molecule has 0 bridgehead atoms. The van der Waals surface area contributed by atoms with Gasteiger partial charge in [-0.1, -0.05) is 26.7 Å². The summed E-state index contributed by atoms with van der Waals surface area (Å²) in [5, 5.41) is 0. The first-order valence-corrected chi connectivity index (χ1v) is 6.83. The molecule has 1 fully saturated rings. The molecule has 1 aromatic carbocycles. The molecule has 0 amide bonds. The van der Waals surface area contributed by atoms with Gasteiger partial charge >= 0.3 is 0 Å². The molecule has 1 aliphatic carbocycles. The molecular weight excluding hydrogens is 243 g/mol. The van der Waals surface area contributed by atoms with Crippen molar-refractivity contribution < 1.29 is 13.9 Å². The lowest BCUT2D eigenvalue weighted by molar-refractivity contribution is 0.0694. The van der Waals surface area contributed by atoms with Crippen LogP contribution >= 0.6 is 0 Å². The Morgan fingerprint density at radius 2 is 2.11 bits per heavy atom. The monoisotopic (exact) mass is 264 g/mol. The Hall–Kier alpha value is -1.38. The Morgan fingerprint density at radius 1 is 1.37 bits per heavy atom. The van der Waals surface area contributed by atoms with E-state index in [4.69, 9.17) is 4.74 Å². The number of halogens is 1. The first-order valence-electron chi connectivity index (χ1n) is 6.83. The first kappa shape index (κ1) is 14.0. The van der Waals surface area contributed by atoms with Crippen LogP contribution in [0.15, 0.2) is 18.2 Å². The maximum atomic E-state index is 13.4. The van der Waals surface area contributed by atoms with Gasteiger partial charge in [0.05, 0.1) is 12.7 Å². The minimum atomic E-state index is -0.391. The average Bonchev–Trinajstić information content (AvgIpc) is 2.37. The summed E-state index contributed by atoms with van der Waals surface area (Å²) in [5.74, 6) is 0.0449. The van der Waals surface area contributed by atoms with Gasteiger partial charge in [0.25, 0.3) is 0 Å². The van der Waals surface area contributed by atoms with Crippen molar-refractivity contribution >= 4 is 5.78 Å². The largest absolute Gasteiger partial charge is 0.496 e. The summed E-state index contributed by atoms with van der Waals surface area (Å²) in [6, 6.07) is 4.14. The molecule has 104 valence electrons. The predicted octanol–water partition coefficient (Wildman–Crippen LogP) is 4.23. The third-order valence-electron chi connectivity index (χ3n) is 4.25. The van der Waals surface area contributed by atoms with Gasteiger partial charge in [0.2, 0.25) is 0 Å². The predicted molar refractivity (Wildman–Crippen MR) is 73.0 cm³/mol. The molecule has 1 atom stereocenters. The number of hydrogen-bond acceptors (Lipinski definition) is 2. The van der Waals surface area contributed by atoms with E-state index >= 15 is 0 Å². The highest BCUT2D eigenvalue weighted by Gasteiger charge is 2.38. The van der Waals surface area contributed by atoms with Crippen molar-refractivity contribution in [2.45, 2.75) is 39.5 Å². The fraction of sp³-hybridized carbons (Fsp3) is 0.562. The fourth-order valence-electron chi connectivity index (χ4n) is 3.04. The summed E-state index contributed by atoms with van der Waals surface area (Å²) in [7, 11) is 1.51. The zero-order valence-corrected chi connectivity index (χ0v) is 11.8. The summed E-state index contributed by atoms with van der Waals surface area (Å²) in [6.45, 7) is 4.25. The molecule has 0 radical (unpaired) electrons. The average molecular weight is 264 g/mol. The lowest BCUT2D eigenvalue weighted by atomic mass is 9.66. The molecule has 2 rings (SSSR count). The highest BCUT2D eigenvalue weighted by Crippen LogP contribution is 2.43. The molecule has 1 aromatic rings. The van der Waals surface area contributed by atoms with Gasteiger partial charge in [-0.25, -0.2) is 4.39 Å². The summed E-state index contributed by atoms with van der Waals surface area (Å²) in [6.07, 6.45) is 4.15. The molecule has 19 heavy (non-hydrogen) atoms. The van der Waals surface area contributed by atoms with Gasteiger partial charge in [-0.05, 0) is 36.5 Å². The number of benzene rings is 1. The highest BCUT2D eigenvalue weighted by molar-refractivity contribution is 6.00. The smallest absolute Gasteiger partial charge is 0.170 e. The maximum absolute atomic E-state index is 13.4. The van der Waals surface area contributed by atoms with Gasteiger partial charge in [0.15, 0.2) is 5.78 Å². The van der Waals surface area contributed by atoms with Crippen molar-refractivity contribution in [3.05, 3.63) is 29.6 Å². The molecule has 1 aliphatic rings. The Labute approximate surface area is 114 Å². The normalized spacial score (nSPS) is 22.0. The van der Waals surface area contributed by atoms with Crippen molar-refractivity contribution in [2.75, 3.05) is 7.11 Å². The molecule has 0 aromatic heterocycles. The Balaban J connectivity index is 2.35. The molecule has 1 unspecified atom stereocenters. The third kappa shape index (κ3) is 2.80.